The van der Waals surface area contributed by atoms with Crippen molar-refractivity contribution in [2.75, 3.05) is 13.1 Å². The fourth-order valence-corrected chi connectivity index (χ4v) is 4.79. The molecule has 1 aromatic rings. The molecule has 146 valence electrons. The highest BCUT2D eigenvalue weighted by Crippen LogP contribution is 2.36. The minimum absolute atomic E-state index is 0.255. The Hall–Kier alpha value is -1.86. The highest BCUT2D eigenvalue weighted by molar-refractivity contribution is 7.16. The maximum atomic E-state index is 12.9. The standard InChI is InChI=1S/C19H24ClN3O3S/c1-3-10-22(11-14-4-5-15(20)27-14)16(24)12-23-17(25)19(21-18(23)26)8-6-13(2)7-9-19/h3-5,13H,1,6-12H2,2H3,(H,21,26). The first-order chi connectivity index (χ1) is 12.8. The van der Waals surface area contributed by atoms with E-state index in [9.17, 15) is 14.4 Å². The monoisotopic (exact) mass is 409 g/mol. The predicted molar refractivity (Wildman–Crippen MR) is 106 cm³/mol. The van der Waals surface area contributed by atoms with Gasteiger partial charge < -0.3 is 10.2 Å². The van der Waals surface area contributed by atoms with Gasteiger partial charge in [-0.3, -0.25) is 14.5 Å². The van der Waals surface area contributed by atoms with Crippen LogP contribution in [0.2, 0.25) is 4.34 Å². The summed E-state index contributed by atoms with van der Waals surface area (Å²) >= 11 is 7.36. The van der Waals surface area contributed by atoms with E-state index in [1.165, 1.54) is 11.3 Å². The Labute approximate surface area is 168 Å². The largest absolute Gasteiger partial charge is 0.332 e. The Morgan fingerprint density at radius 2 is 2.15 bits per heavy atom. The summed E-state index contributed by atoms with van der Waals surface area (Å²) in [4.78, 5) is 41.7. The average Bonchev–Trinajstić information content (AvgIpc) is 3.14. The SMILES string of the molecule is C=CCN(Cc1ccc(Cl)s1)C(=O)CN1C(=O)NC2(CCC(C)CC2)C1=O. The van der Waals surface area contributed by atoms with E-state index in [4.69, 9.17) is 11.6 Å². The Morgan fingerprint density at radius 3 is 2.74 bits per heavy atom. The van der Waals surface area contributed by atoms with Gasteiger partial charge in [0.1, 0.15) is 12.1 Å². The molecule has 1 saturated carbocycles. The summed E-state index contributed by atoms with van der Waals surface area (Å²) in [6.07, 6.45) is 4.69. The Balaban J connectivity index is 1.68. The van der Waals surface area contributed by atoms with Gasteiger partial charge in [-0.25, -0.2) is 4.79 Å². The van der Waals surface area contributed by atoms with Gasteiger partial charge >= 0.3 is 6.03 Å². The topological polar surface area (TPSA) is 69.7 Å². The summed E-state index contributed by atoms with van der Waals surface area (Å²) in [5.74, 6) is -0.00803. The zero-order chi connectivity index (χ0) is 19.6. The van der Waals surface area contributed by atoms with E-state index < -0.39 is 11.6 Å². The summed E-state index contributed by atoms with van der Waals surface area (Å²) < 4.78 is 0.651. The fourth-order valence-electron chi connectivity index (χ4n) is 3.68. The van der Waals surface area contributed by atoms with Crippen LogP contribution in [-0.4, -0.2) is 46.3 Å². The molecule has 0 bridgehead atoms. The molecule has 2 heterocycles. The molecule has 2 fully saturated rings. The molecule has 0 unspecified atom stereocenters. The smallest absolute Gasteiger partial charge is 0.325 e. The van der Waals surface area contributed by atoms with Gasteiger partial charge in [0.2, 0.25) is 5.91 Å². The van der Waals surface area contributed by atoms with Gasteiger partial charge in [-0.05, 0) is 43.7 Å². The van der Waals surface area contributed by atoms with Crippen molar-refractivity contribution in [2.24, 2.45) is 5.92 Å². The minimum Gasteiger partial charge on any atom is -0.332 e. The normalized spacial score (nSPS) is 25.0. The van der Waals surface area contributed by atoms with Crippen molar-refractivity contribution in [3.8, 4) is 0 Å². The van der Waals surface area contributed by atoms with Crippen LogP contribution in [0.15, 0.2) is 24.8 Å². The lowest BCUT2D eigenvalue weighted by Crippen LogP contribution is -2.50. The number of urea groups is 1. The lowest BCUT2D eigenvalue weighted by Gasteiger charge is -2.33. The number of rotatable bonds is 6. The summed E-state index contributed by atoms with van der Waals surface area (Å²) in [5.41, 5.74) is -0.825. The molecule has 2 aliphatic rings. The Kier molecular flexibility index (Phi) is 5.91. The second kappa shape index (κ2) is 8.02. The van der Waals surface area contributed by atoms with E-state index in [1.54, 1.807) is 17.0 Å². The number of nitrogens with zero attached hydrogens (tertiary/aromatic N) is 2. The average molecular weight is 410 g/mol. The highest BCUT2D eigenvalue weighted by atomic mass is 35.5. The molecule has 1 aliphatic heterocycles. The molecule has 1 saturated heterocycles. The first-order valence-electron chi connectivity index (χ1n) is 9.11. The van der Waals surface area contributed by atoms with Crippen molar-refractivity contribution in [3.05, 3.63) is 34.0 Å². The maximum absolute atomic E-state index is 12.9. The zero-order valence-corrected chi connectivity index (χ0v) is 16.9. The third-order valence-corrected chi connectivity index (χ3v) is 6.56. The van der Waals surface area contributed by atoms with Gasteiger partial charge in [0.05, 0.1) is 10.9 Å². The maximum Gasteiger partial charge on any atom is 0.325 e. The molecular formula is C19H24ClN3O3S. The molecule has 3 rings (SSSR count). The third kappa shape index (κ3) is 4.19. The lowest BCUT2D eigenvalue weighted by molar-refractivity contribution is -0.139. The number of carbonyl (C=O) groups excluding carboxylic acids is 3. The second-order valence-corrected chi connectivity index (χ2v) is 9.15. The molecule has 1 spiro atoms. The minimum atomic E-state index is -0.825. The molecular weight excluding hydrogens is 386 g/mol. The van der Waals surface area contributed by atoms with Crippen LogP contribution in [0.3, 0.4) is 0 Å². The number of carbonyl (C=O) groups is 3. The van der Waals surface area contributed by atoms with Crippen molar-refractivity contribution < 1.29 is 14.4 Å². The second-order valence-electron chi connectivity index (χ2n) is 7.35. The van der Waals surface area contributed by atoms with Crippen molar-refractivity contribution >= 4 is 40.8 Å². The summed E-state index contributed by atoms with van der Waals surface area (Å²) in [5, 5.41) is 2.85. The molecule has 0 radical (unpaired) electrons. The Morgan fingerprint density at radius 1 is 1.44 bits per heavy atom. The van der Waals surface area contributed by atoms with E-state index in [2.05, 4.69) is 18.8 Å². The van der Waals surface area contributed by atoms with Crippen LogP contribution in [-0.2, 0) is 16.1 Å². The van der Waals surface area contributed by atoms with Crippen LogP contribution in [0.5, 0.6) is 0 Å². The first-order valence-corrected chi connectivity index (χ1v) is 10.3. The molecule has 0 atom stereocenters. The first kappa shape index (κ1) is 19.9. The lowest BCUT2D eigenvalue weighted by atomic mass is 9.77. The summed E-state index contributed by atoms with van der Waals surface area (Å²) in [7, 11) is 0. The van der Waals surface area contributed by atoms with E-state index in [0.29, 0.717) is 36.2 Å². The fraction of sp³-hybridized carbons (Fsp3) is 0.526. The van der Waals surface area contributed by atoms with Crippen LogP contribution in [0, 0.1) is 5.92 Å². The third-order valence-electron chi connectivity index (χ3n) is 5.34. The number of hydrogen-bond donors (Lipinski definition) is 1. The number of hydrogen-bond acceptors (Lipinski definition) is 4. The van der Waals surface area contributed by atoms with Crippen LogP contribution in [0.1, 0.15) is 37.5 Å². The van der Waals surface area contributed by atoms with E-state index in [0.717, 1.165) is 22.6 Å². The number of thiophene rings is 1. The zero-order valence-electron chi connectivity index (χ0n) is 15.4. The number of amides is 4. The molecule has 1 N–H and O–H groups in total. The van der Waals surface area contributed by atoms with E-state index >= 15 is 0 Å². The molecule has 1 aromatic heterocycles. The number of imide groups is 1. The quantitative estimate of drug-likeness (QED) is 0.578. The van der Waals surface area contributed by atoms with Crippen molar-refractivity contribution in [3.63, 3.8) is 0 Å². The van der Waals surface area contributed by atoms with Gasteiger partial charge in [-0.2, -0.15) is 0 Å². The molecule has 8 heteroatoms. The highest BCUT2D eigenvalue weighted by Gasteiger charge is 2.52. The Bertz CT molecular complexity index is 755. The van der Waals surface area contributed by atoms with E-state index in [-0.39, 0.29) is 18.4 Å². The predicted octanol–water partition coefficient (Wildman–Crippen LogP) is 3.42. The van der Waals surface area contributed by atoms with Crippen LogP contribution in [0.25, 0.3) is 0 Å². The van der Waals surface area contributed by atoms with Gasteiger partial charge in [0, 0.05) is 11.4 Å². The molecule has 6 nitrogen and oxygen atoms in total. The van der Waals surface area contributed by atoms with Gasteiger partial charge in [0.25, 0.3) is 5.91 Å². The van der Waals surface area contributed by atoms with Crippen molar-refractivity contribution in [2.45, 2.75) is 44.7 Å². The molecule has 4 amide bonds. The molecule has 27 heavy (non-hydrogen) atoms. The van der Waals surface area contributed by atoms with Crippen LogP contribution < -0.4 is 5.32 Å². The van der Waals surface area contributed by atoms with Gasteiger partial charge in [0.15, 0.2) is 0 Å². The van der Waals surface area contributed by atoms with Crippen molar-refractivity contribution in [1.82, 2.24) is 15.1 Å². The number of halogens is 1. The van der Waals surface area contributed by atoms with Crippen molar-refractivity contribution in [1.29, 1.82) is 0 Å². The van der Waals surface area contributed by atoms with Crippen LogP contribution >= 0.6 is 22.9 Å². The van der Waals surface area contributed by atoms with Gasteiger partial charge in [-0.15, -0.1) is 17.9 Å². The molecule has 1 aliphatic carbocycles. The van der Waals surface area contributed by atoms with Gasteiger partial charge in [-0.1, -0.05) is 24.6 Å². The van der Waals surface area contributed by atoms with Crippen LogP contribution in [0.4, 0.5) is 4.79 Å². The van der Waals surface area contributed by atoms with E-state index in [1.807, 2.05) is 6.07 Å². The molecule has 0 aromatic carbocycles. The summed E-state index contributed by atoms with van der Waals surface area (Å²) in [6.45, 7) is 6.29. The summed E-state index contributed by atoms with van der Waals surface area (Å²) in [6, 6.07) is 3.17. The number of nitrogens with one attached hydrogen (secondary N) is 1.